The fourth-order valence-electron chi connectivity index (χ4n) is 3.93. The molecule has 1 saturated heterocycles. The Hall–Kier alpha value is -3.49. The zero-order valence-electron chi connectivity index (χ0n) is 18.7. The number of rotatable bonds is 5. The van der Waals surface area contributed by atoms with Gasteiger partial charge in [0, 0.05) is 35.7 Å². The van der Waals surface area contributed by atoms with E-state index in [9.17, 15) is 19.5 Å². The number of nitrogens with one attached hydrogen (secondary N) is 1. The summed E-state index contributed by atoms with van der Waals surface area (Å²) >= 11 is 6.01. The van der Waals surface area contributed by atoms with E-state index in [2.05, 4.69) is 7.05 Å². The van der Waals surface area contributed by atoms with Crippen molar-refractivity contribution < 1.29 is 24.7 Å². The summed E-state index contributed by atoms with van der Waals surface area (Å²) in [7, 11) is 2.21. The third-order valence-corrected chi connectivity index (χ3v) is 5.96. The van der Waals surface area contributed by atoms with Crippen LogP contribution in [0.3, 0.4) is 0 Å². The van der Waals surface area contributed by atoms with Gasteiger partial charge in [0.25, 0.3) is 5.56 Å². The number of carbonyl (C=O) groups excluding carboxylic acids is 1. The molecule has 34 heavy (non-hydrogen) atoms. The molecule has 2 N–H and O–H groups in total. The van der Waals surface area contributed by atoms with Crippen molar-refractivity contribution >= 4 is 34.3 Å². The lowest BCUT2D eigenvalue weighted by Crippen LogP contribution is -3.10. The number of likely N-dealkylation sites (tertiary alicyclic amines) is 1. The minimum absolute atomic E-state index is 0.0324. The Bertz CT molecular complexity index is 1230. The summed E-state index contributed by atoms with van der Waals surface area (Å²) in [6.07, 6.45) is 3.63. The Labute approximate surface area is 201 Å². The highest BCUT2D eigenvalue weighted by molar-refractivity contribution is 6.30. The van der Waals surface area contributed by atoms with Gasteiger partial charge in [0.15, 0.2) is 0 Å². The van der Waals surface area contributed by atoms with E-state index in [0.717, 1.165) is 53.0 Å². The first-order chi connectivity index (χ1) is 16.2. The number of aliphatic carboxylic acids is 2. The SMILES string of the molecule is C[NH+]1CCC(n2nc(Cc3ccc(Cl)cc3)c3ccccc3c2=O)CC1.O=C([O-])/C=C/C(=O)O. The fourth-order valence-corrected chi connectivity index (χ4v) is 4.05. The van der Waals surface area contributed by atoms with Gasteiger partial charge in [-0.15, -0.1) is 0 Å². The molecular weight excluding hydrogens is 458 g/mol. The Kier molecular flexibility index (Phi) is 8.56. The molecule has 1 fully saturated rings. The van der Waals surface area contributed by atoms with Crippen LogP contribution < -0.4 is 15.6 Å². The molecule has 0 saturated carbocycles. The van der Waals surface area contributed by atoms with Crippen molar-refractivity contribution in [2.45, 2.75) is 25.3 Å². The number of piperidine rings is 1. The number of fused-ring (bicyclic) bond motifs is 1. The van der Waals surface area contributed by atoms with Gasteiger partial charge in [0.05, 0.1) is 43.2 Å². The highest BCUT2D eigenvalue weighted by Gasteiger charge is 2.24. The molecule has 0 unspecified atom stereocenters. The zero-order chi connectivity index (χ0) is 24.7. The summed E-state index contributed by atoms with van der Waals surface area (Å²) in [6, 6.07) is 15.8. The van der Waals surface area contributed by atoms with E-state index in [1.807, 2.05) is 48.5 Å². The summed E-state index contributed by atoms with van der Waals surface area (Å²) < 4.78 is 1.75. The zero-order valence-corrected chi connectivity index (χ0v) is 19.5. The van der Waals surface area contributed by atoms with Crippen molar-refractivity contribution in [1.29, 1.82) is 0 Å². The predicted octanol–water partition coefficient (Wildman–Crippen LogP) is 0.867. The van der Waals surface area contributed by atoms with E-state index in [1.54, 1.807) is 4.68 Å². The number of benzene rings is 2. The van der Waals surface area contributed by atoms with E-state index in [0.29, 0.717) is 18.6 Å². The van der Waals surface area contributed by atoms with E-state index in [1.165, 1.54) is 4.90 Å². The molecule has 0 radical (unpaired) electrons. The highest BCUT2D eigenvalue weighted by atomic mass is 35.5. The molecule has 0 bridgehead atoms. The minimum Gasteiger partial charge on any atom is -0.545 e. The van der Waals surface area contributed by atoms with Gasteiger partial charge in [-0.1, -0.05) is 41.9 Å². The molecular formula is C25H26ClN3O5. The van der Waals surface area contributed by atoms with Crippen molar-refractivity contribution in [2.24, 2.45) is 0 Å². The normalized spacial score (nSPS) is 17.8. The molecule has 0 aliphatic carbocycles. The molecule has 1 aromatic heterocycles. The molecule has 1 aliphatic rings. The standard InChI is InChI=1S/C21H22ClN3O.C4H4O4/c1-24-12-10-17(11-13-24)25-21(26)19-5-3-2-4-18(19)20(23-25)14-15-6-8-16(22)9-7-15;5-3(6)1-2-4(7)8/h2-9,17H,10-14H2,1H3;1-2H,(H,5,6)(H,7,8)/b;2-1+. The van der Waals surface area contributed by atoms with Crippen LogP contribution in [0.2, 0.25) is 5.02 Å². The third-order valence-electron chi connectivity index (χ3n) is 5.71. The largest absolute Gasteiger partial charge is 0.545 e. The first kappa shape index (κ1) is 25.1. The second-order valence-electron chi connectivity index (χ2n) is 8.22. The summed E-state index contributed by atoms with van der Waals surface area (Å²) in [5, 5.41) is 24.5. The number of nitrogens with zero attached hydrogens (tertiary/aromatic N) is 2. The number of carboxylic acid groups (broad SMARTS) is 2. The van der Waals surface area contributed by atoms with Crippen molar-refractivity contribution in [3.8, 4) is 0 Å². The summed E-state index contributed by atoms with van der Waals surface area (Å²) in [5.41, 5.74) is 2.13. The first-order valence-corrected chi connectivity index (χ1v) is 11.3. The smallest absolute Gasteiger partial charge is 0.328 e. The molecule has 8 nitrogen and oxygen atoms in total. The molecule has 0 atom stereocenters. The number of quaternary nitrogens is 1. The maximum Gasteiger partial charge on any atom is 0.328 e. The van der Waals surface area contributed by atoms with Crippen LogP contribution in [-0.2, 0) is 16.0 Å². The number of halogens is 1. The van der Waals surface area contributed by atoms with Crippen LogP contribution >= 0.6 is 11.6 Å². The second kappa shape index (κ2) is 11.6. The quantitative estimate of drug-likeness (QED) is 0.520. The molecule has 3 aromatic rings. The van der Waals surface area contributed by atoms with Crippen molar-refractivity contribution in [2.75, 3.05) is 20.1 Å². The summed E-state index contributed by atoms with van der Waals surface area (Å²) in [5.74, 6) is -2.80. The number of hydrogen-bond donors (Lipinski definition) is 2. The molecule has 2 heterocycles. The molecule has 9 heteroatoms. The Morgan fingerprint density at radius 2 is 1.74 bits per heavy atom. The van der Waals surface area contributed by atoms with E-state index >= 15 is 0 Å². The van der Waals surface area contributed by atoms with E-state index in [-0.39, 0.29) is 11.6 Å². The highest BCUT2D eigenvalue weighted by Crippen LogP contribution is 2.21. The van der Waals surface area contributed by atoms with Crippen LogP contribution in [0.1, 0.15) is 30.1 Å². The number of carbonyl (C=O) groups is 2. The van der Waals surface area contributed by atoms with Crippen LogP contribution in [0.4, 0.5) is 0 Å². The van der Waals surface area contributed by atoms with Gasteiger partial charge in [0.1, 0.15) is 0 Å². The lowest BCUT2D eigenvalue weighted by Gasteiger charge is -2.27. The van der Waals surface area contributed by atoms with Gasteiger partial charge in [-0.05, 0) is 29.8 Å². The van der Waals surface area contributed by atoms with Gasteiger partial charge >= 0.3 is 5.97 Å². The predicted molar refractivity (Wildman–Crippen MR) is 127 cm³/mol. The molecule has 178 valence electrons. The minimum atomic E-state index is -1.51. The summed E-state index contributed by atoms with van der Waals surface area (Å²) in [4.78, 5) is 33.5. The lowest BCUT2D eigenvalue weighted by atomic mass is 10.0. The average Bonchev–Trinajstić information content (AvgIpc) is 2.82. The van der Waals surface area contributed by atoms with Crippen molar-refractivity contribution in [3.05, 3.63) is 87.3 Å². The van der Waals surface area contributed by atoms with Gasteiger partial charge in [-0.3, -0.25) is 4.79 Å². The monoisotopic (exact) mass is 483 g/mol. The van der Waals surface area contributed by atoms with Crippen molar-refractivity contribution in [1.82, 2.24) is 9.78 Å². The fraction of sp³-hybridized carbons (Fsp3) is 0.280. The summed E-state index contributed by atoms with van der Waals surface area (Å²) in [6.45, 7) is 2.16. The van der Waals surface area contributed by atoms with Crippen LogP contribution in [0.15, 0.2) is 65.5 Å². The van der Waals surface area contributed by atoms with Crippen LogP contribution in [0.25, 0.3) is 10.8 Å². The number of carboxylic acids is 2. The number of hydrogen-bond acceptors (Lipinski definition) is 5. The lowest BCUT2D eigenvalue weighted by molar-refractivity contribution is -0.885. The van der Waals surface area contributed by atoms with Gasteiger partial charge in [-0.2, -0.15) is 5.10 Å². The van der Waals surface area contributed by atoms with Crippen LogP contribution in [-0.4, -0.2) is 47.0 Å². The van der Waals surface area contributed by atoms with Gasteiger partial charge in [-0.25, -0.2) is 9.48 Å². The maximum absolute atomic E-state index is 13.0. The molecule has 1 aliphatic heterocycles. The molecule has 4 rings (SSSR count). The van der Waals surface area contributed by atoms with E-state index < -0.39 is 11.9 Å². The third kappa shape index (κ3) is 6.76. The maximum atomic E-state index is 13.0. The van der Waals surface area contributed by atoms with Crippen LogP contribution in [0, 0.1) is 0 Å². The van der Waals surface area contributed by atoms with Crippen LogP contribution in [0.5, 0.6) is 0 Å². The second-order valence-corrected chi connectivity index (χ2v) is 8.66. The molecule has 0 amide bonds. The topological polar surface area (TPSA) is 117 Å². The van der Waals surface area contributed by atoms with Gasteiger partial charge < -0.3 is 19.9 Å². The van der Waals surface area contributed by atoms with E-state index in [4.69, 9.17) is 21.8 Å². The Morgan fingerprint density at radius 1 is 1.12 bits per heavy atom. The van der Waals surface area contributed by atoms with Gasteiger partial charge in [0.2, 0.25) is 0 Å². The Morgan fingerprint density at radius 3 is 2.29 bits per heavy atom. The molecule has 0 spiro atoms. The molecule has 2 aromatic carbocycles. The first-order valence-electron chi connectivity index (χ1n) is 10.9. The van der Waals surface area contributed by atoms with Crippen molar-refractivity contribution in [3.63, 3.8) is 0 Å². The average molecular weight is 484 g/mol. The Balaban J connectivity index is 0.000000350. The number of aromatic nitrogens is 2.